The van der Waals surface area contributed by atoms with Gasteiger partial charge >= 0.3 is 5.97 Å². The highest BCUT2D eigenvalue weighted by molar-refractivity contribution is 9.10. The average Bonchev–Trinajstić information content (AvgIpc) is 2.80. The molecule has 0 unspecified atom stereocenters. The Kier molecular flexibility index (Phi) is 5.61. The number of hydrogen-bond donors (Lipinski definition) is 1. The Morgan fingerprint density at radius 3 is 2.81 bits per heavy atom. The number of halogens is 2. The molecule has 0 aliphatic carbocycles. The van der Waals surface area contributed by atoms with E-state index in [0.29, 0.717) is 12.4 Å². The van der Waals surface area contributed by atoms with Gasteiger partial charge in [-0.25, -0.2) is 4.79 Å². The lowest BCUT2D eigenvalue weighted by Gasteiger charge is -2.12. The molecular weight excluding hydrogens is 420 g/mol. The van der Waals surface area contributed by atoms with Crippen molar-refractivity contribution in [1.82, 2.24) is 0 Å². The van der Waals surface area contributed by atoms with Crippen molar-refractivity contribution in [2.24, 2.45) is 0 Å². The standard InChI is InChI=1S/C15H12Br2O3S/c1-9-6-11(16)7-10(2-3-14(18)19)15(9)20-8-13-12(17)4-5-21-13/h2-7H,8H2,1H3,(H,18,19)/b3-2+. The molecule has 0 atom stereocenters. The lowest BCUT2D eigenvalue weighted by atomic mass is 10.1. The third-order valence-corrected chi connectivity index (χ3v) is 5.07. The van der Waals surface area contributed by atoms with Crippen LogP contribution in [0.5, 0.6) is 5.75 Å². The van der Waals surface area contributed by atoms with E-state index in [1.807, 2.05) is 30.5 Å². The molecule has 1 aromatic heterocycles. The number of aryl methyl sites for hydroxylation is 1. The number of benzene rings is 1. The maximum Gasteiger partial charge on any atom is 0.328 e. The van der Waals surface area contributed by atoms with Crippen LogP contribution < -0.4 is 4.74 Å². The summed E-state index contributed by atoms with van der Waals surface area (Å²) in [6.45, 7) is 2.37. The number of aliphatic carboxylic acids is 1. The van der Waals surface area contributed by atoms with Gasteiger partial charge in [0.25, 0.3) is 0 Å². The van der Waals surface area contributed by atoms with Gasteiger partial charge in [-0.1, -0.05) is 15.9 Å². The minimum Gasteiger partial charge on any atom is -0.487 e. The van der Waals surface area contributed by atoms with Gasteiger partial charge in [-0.3, -0.25) is 0 Å². The van der Waals surface area contributed by atoms with E-state index >= 15 is 0 Å². The molecule has 0 radical (unpaired) electrons. The number of carboxylic acid groups (broad SMARTS) is 1. The summed E-state index contributed by atoms with van der Waals surface area (Å²) in [6, 6.07) is 5.76. The van der Waals surface area contributed by atoms with E-state index in [2.05, 4.69) is 31.9 Å². The Hall–Kier alpha value is -1.11. The van der Waals surface area contributed by atoms with Crippen molar-refractivity contribution in [1.29, 1.82) is 0 Å². The van der Waals surface area contributed by atoms with Crippen LogP contribution in [0.4, 0.5) is 0 Å². The first-order valence-corrected chi connectivity index (χ1v) is 8.49. The summed E-state index contributed by atoms with van der Waals surface area (Å²) in [5, 5.41) is 10.8. The van der Waals surface area contributed by atoms with Crippen molar-refractivity contribution >= 4 is 55.2 Å². The first-order valence-electron chi connectivity index (χ1n) is 6.03. The Bertz CT molecular complexity index is 692. The van der Waals surface area contributed by atoms with Gasteiger partial charge in [0.1, 0.15) is 12.4 Å². The summed E-state index contributed by atoms with van der Waals surface area (Å²) in [5.41, 5.74) is 1.68. The number of carbonyl (C=O) groups is 1. The van der Waals surface area contributed by atoms with Gasteiger partial charge in [0, 0.05) is 20.6 Å². The summed E-state index contributed by atoms with van der Waals surface area (Å²) < 4.78 is 7.80. The number of rotatable bonds is 5. The van der Waals surface area contributed by atoms with Gasteiger partial charge in [0.15, 0.2) is 0 Å². The minimum atomic E-state index is -0.987. The fourth-order valence-corrected chi connectivity index (χ4v) is 3.77. The molecule has 21 heavy (non-hydrogen) atoms. The minimum absolute atomic E-state index is 0.439. The van der Waals surface area contributed by atoms with Gasteiger partial charge in [-0.05, 0) is 58.1 Å². The first kappa shape index (κ1) is 16.3. The molecule has 0 bridgehead atoms. The third kappa shape index (κ3) is 4.43. The van der Waals surface area contributed by atoms with E-state index < -0.39 is 5.97 Å². The fraction of sp³-hybridized carbons (Fsp3) is 0.133. The maximum atomic E-state index is 10.7. The summed E-state index contributed by atoms with van der Waals surface area (Å²) in [6.07, 6.45) is 2.65. The largest absolute Gasteiger partial charge is 0.487 e. The second-order valence-electron chi connectivity index (χ2n) is 4.29. The molecule has 1 N–H and O–H groups in total. The molecule has 1 aromatic carbocycles. The molecule has 1 heterocycles. The summed E-state index contributed by atoms with van der Waals surface area (Å²) in [5.74, 6) is -0.296. The molecule has 0 saturated carbocycles. The van der Waals surface area contributed by atoms with Crippen LogP contribution >= 0.6 is 43.2 Å². The SMILES string of the molecule is Cc1cc(Br)cc(/C=C/C(=O)O)c1OCc1sccc1Br. The first-order chi connectivity index (χ1) is 9.97. The van der Waals surface area contributed by atoms with Crippen LogP contribution in [0.25, 0.3) is 6.08 Å². The van der Waals surface area contributed by atoms with Crippen LogP contribution in [0.2, 0.25) is 0 Å². The molecule has 0 fully saturated rings. The lowest BCUT2D eigenvalue weighted by molar-refractivity contribution is -0.131. The summed E-state index contributed by atoms with van der Waals surface area (Å²) >= 11 is 8.49. The number of hydrogen-bond acceptors (Lipinski definition) is 3. The highest BCUT2D eigenvalue weighted by Gasteiger charge is 2.09. The highest BCUT2D eigenvalue weighted by Crippen LogP contribution is 2.31. The Morgan fingerprint density at radius 2 is 2.19 bits per heavy atom. The Labute approximate surface area is 143 Å². The van der Waals surface area contributed by atoms with E-state index in [9.17, 15) is 4.79 Å². The van der Waals surface area contributed by atoms with Gasteiger partial charge in [-0.2, -0.15) is 0 Å². The Balaban J connectivity index is 2.28. The van der Waals surface area contributed by atoms with Crippen LogP contribution in [0.3, 0.4) is 0 Å². The Morgan fingerprint density at radius 1 is 1.43 bits per heavy atom. The van der Waals surface area contributed by atoms with Gasteiger partial charge in [0.05, 0.1) is 4.88 Å². The van der Waals surface area contributed by atoms with Crippen LogP contribution in [-0.2, 0) is 11.4 Å². The molecule has 6 heteroatoms. The van der Waals surface area contributed by atoms with Gasteiger partial charge in [-0.15, -0.1) is 11.3 Å². The van der Waals surface area contributed by atoms with E-state index in [1.54, 1.807) is 17.4 Å². The van der Waals surface area contributed by atoms with E-state index in [1.165, 1.54) is 0 Å². The third-order valence-electron chi connectivity index (χ3n) is 2.71. The van der Waals surface area contributed by atoms with Crippen molar-refractivity contribution in [3.05, 3.63) is 54.6 Å². The highest BCUT2D eigenvalue weighted by atomic mass is 79.9. The fourth-order valence-electron chi connectivity index (χ4n) is 1.80. The van der Waals surface area contributed by atoms with E-state index in [0.717, 1.165) is 31.0 Å². The monoisotopic (exact) mass is 430 g/mol. The van der Waals surface area contributed by atoms with Gasteiger partial charge in [0.2, 0.25) is 0 Å². The zero-order valence-corrected chi connectivity index (χ0v) is 15.1. The predicted octanol–water partition coefficient (Wildman–Crippen LogP) is 5.26. The maximum absolute atomic E-state index is 10.7. The molecule has 0 aliphatic rings. The molecule has 0 aliphatic heterocycles. The van der Waals surface area contributed by atoms with Crippen molar-refractivity contribution in [3.8, 4) is 5.75 Å². The van der Waals surface area contributed by atoms with Crippen LogP contribution in [0, 0.1) is 6.92 Å². The smallest absolute Gasteiger partial charge is 0.328 e. The predicted molar refractivity (Wildman–Crippen MR) is 91.9 cm³/mol. The lowest BCUT2D eigenvalue weighted by Crippen LogP contribution is -1.98. The summed E-state index contributed by atoms with van der Waals surface area (Å²) in [4.78, 5) is 11.8. The molecule has 2 rings (SSSR count). The van der Waals surface area contributed by atoms with Crippen LogP contribution in [0.1, 0.15) is 16.0 Å². The van der Waals surface area contributed by atoms with Crippen molar-refractivity contribution < 1.29 is 14.6 Å². The normalized spacial score (nSPS) is 11.0. The topological polar surface area (TPSA) is 46.5 Å². The number of thiophene rings is 1. The average molecular weight is 432 g/mol. The molecule has 0 saturated heterocycles. The molecule has 2 aromatic rings. The van der Waals surface area contributed by atoms with Crippen molar-refractivity contribution in [2.75, 3.05) is 0 Å². The van der Waals surface area contributed by atoms with Gasteiger partial charge < -0.3 is 9.84 Å². The molecular formula is C15H12Br2O3S. The van der Waals surface area contributed by atoms with Crippen LogP contribution in [-0.4, -0.2) is 11.1 Å². The van der Waals surface area contributed by atoms with Crippen molar-refractivity contribution in [2.45, 2.75) is 13.5 Å². The van der Waals surface area contributed by atoms with E-state index in [4.69, 9.17) is 9.84 Å². The molecule has 3 nitrogen and oxygen atoms in total. The number of carboxylic acids is 1. The molecule has 0 spiro atoms. The van der Waals surface area contributed by atoms with Crippen LogP contribution in [0.15, 0.2) is 38.6 Å². The zero-order valence-electron chi connectivity index (χ0n) is 11.1. The quantitative estimate of drug-likeness (QED) is 0.657. The second kappa shape index (κ2) is 7.24. The second-order valence-corrected chi connectivity index (χ2v) is 7.06. The zero-order chi connectivity index (χ0) is 15.4. The molecule has 110 valence electrons. The number of ether oxygens (including phenoxy) is 1. The van der Waals surface area contributed by atoms with E-state index in [-0.39, 0.29) is 0 Å². The molecule has 0 amide bonds. The summed E-state index contributed by atoms with van der Waals surface area (Å²) in [7, 11) is 0. The van der Waals surface area contributed by atoms with Crippen molar-refractivity contribution in [3.63, 3.8) is 0 Å².